The fraction of sp³-hybridized carbons (Fsp3) is 0.276. The molecule has 0 aliphatic carbocycles. The molecule has 1 atom stereocenters. The third-order valence-electron chi connectivity index (χ3n) is 6.58. The number of nitrogens with zero attached hydrogens (tertiary/aromatic N) is 2. The van der Waals surface area contributed by atoms with Crippen molar-refractivity contribution in [3.8, 4) is 5.75 Å². The number of carbonyl (C=O) groups is 1. The maximum atomic E-state index is 12.4. The number of urea groups is 1. The lowest BCUT2D eigenvalue weighted by atomic mass is 10.1. The number of aryl methyl sites for hydroxylation is 1. The number of anilines is 1. The molecule has 8 heteroatoms. The van der Waals surface area contributed by atoms with Gasteiger partial charge >= 0.3 is 6.03 Å². The number of hydrogen-bond acceptors (Lipinski definition) is 5. The highest BCUT2D eigenvalue weighted by atomic mass is 16.5. The van der Waals surface area contributed by atoms with Crippen molar-refractivity contribution in [2.24, 2.45) is 0 Å². The van der Waals surface area contributed by atoms with E-state index in [4.69, 9.17) is 4.74 Å². The van der Waals surface area contributed by atoms with Gasteiger partial charge in [0.2, 0.25) is 0 Å². The van der Waals surface area contributed by atoms with Crippen LogP contribution < -0.4 is 20.7 Å². The number of pyridine rings is 2. The SMILES string of the molecule is COc1cc(NC(C)CCCNC(=O)NCc2cc3c([nH]c4ccccc43)c(C)n2)c2ncccc2c1. The molecule has 3 heterocycles. The summed E-state index contributed by atoms with van der Waals surface area (Å²) in [4.78, 5) is 25.0. The first kappa shape index (κ1) is 24.4. The molecule has 0 saturated carbocycles. The molecule has 0 fully saturated rings. The quantitative estimate of drug-likeness (QED) is 0.197. The van der Waals surface area contributed by atoms with Crippen LogP contribution in [-0.2, 0) is 6.54 Å². The van der Waals surface area contributed by atoms with E-state index in [2.05, 4.69) is 50.0 Å². The van der Waals surface area contributed by atoms with Crippen LogP contribution in [0.3, 0.4) is 0 Å². The molecule has 0 saturated heterocycles. The van der Waals surface area contributed by atoms with Crippen LogP contribution >= 0.6 is 0 Å². The van der Waals surface area contributed by atoms with Crippen molar-refractivity contribution in [3.05, 3.63) is 72.2 Å². The molecule has 8 nitrogen and oxygen atoms in total. The first-order chi connectivity index (χ1) is 18.0. The average molecular weight is 497 g/mol. The molecule has 3 aromatic heterocycles. The number of benzene rings is 2. The highest BCUT2D eigenvalue weighted by Gasteiger charge is 2.11. The van der Waals surface area contributed by atoms with E-state index in [0.717, 1.165) is 68.4 Å². The summed E-state index contributed by atoms with van der Waals surface area (Å²) in [7, 11) is 1.67. The van der Waals surface area contributed by atoms with Crippen LogP contribution in [-0.4, -0.2) is 40.7 Å². The van der Waals surface area contributed by atoms with Crippen LogP contribution in [0.25, 0.3) is 32.7 Å². The minimum atomic E-state index is -0.193. The molecule has 2 amide bonds. The monoisotopic (exact) mass is 496 g/mol. The van der Waals surface area contributed by atoms with Gasteiger partial charge in [0, 0.05) is 46.5 Å². The van der Waals surface area contributed by atoms with Crippen molar-refractivity contribution < 1.29 is 9.53 Å². The molecule has 1 unspecified atom stereocenters. The van der Waals surface area contributed by atoms with E-state index in [1.165, 1.54) is 0 Å². The number of para-hydroxylation sites is 1. The van der Waals surface area contributed by atoms with Gasteiger partial charge < -0.3 is 25.7 Å². The number of amides is 2. The van der Waals surface area contributed by atoms with Crippen LogP contribution in [0.4, 0.5) is 10.5 Å². The molecule has 190 valence electrons. The van der Waals surface area contributed by atoms with Gasteiger partial charge in [0.15, 0.2) is 0 Å². The van der Waals surface area contributed by atoms with Gasteiger partial charge in [0.25, 0.3) is 0 Å². The molecule has 5 aromatic rings. The van der Waals surface area contributed by atoms with E-state index >= 15 is 0 Å². The predicted octanol–water partition coefficient (Wildman–Crippen LogP) is 5.66. The zero-order chi connectivity index (χ0) is 25.8. The molecule has 0 spiro atoms. The molecule has 0 bridgehead atoms. The number of methoxy groups -OCH3 is 1. The van der Waals surface area contributed by atoms with E-state index in [1.807, 2.05) is 49.4 Å². The highest BCUT2D eigenvalue weighted by molar-refractivity contribution is 6.07. The fourth-order valence-electron chi connectivity index (χ4n) is 4.73. The number of ether oxygens (including phenoxy) is 1. The number of H-pyrrole nitrogens is 1. The Morgan fingerprint density at radius 1 is 1.08 bits per heavy atom. The lowest BCUT2D eigenvalue weighted by molar-refractivity contribution is 0.240. The maximum Gasteiger partial charge on any atom is 0.315 e. The van der Waals surface area contributed by atoms with E-state index in [-0.39, 0.29) is 12.1 Å². The molecule has 4 N–H and O–H groups in total. The normalized spacial score (nSPS) is 12.1. The minimum Gasteiger partial charge on any atom is -0.497 e. The highest BCUT2D eigenvalue weighted by Crippen LogP contribution is 2.29. The van der Waals surface area contributed by atoms with Crippen LogP contribution in [0.1, 0.15) is 31.2 Å². The van der Waals surface area contributed by atoms with Crippen LogP contribution in [0.5, 0.6) is 5.75 Å². The molecule has 5 rings (SSSR count). The standard InChI is InChI=1S/C29H32N6O2/c1-18(33-26-16-22(37-3)14-20-9-7-12-30-28(20)26)8-6-13-31-29(36)32-17-21-15-24-23-10-4-5-11-25(23)35-27(24)19(2)34-21/h4-5,7,9-12,14-16,18,33,35H,6,8,13,17H2,1-3H3,(H2,31,32,36). The van der Waals surface area contributed by atoms with E-state index in [9.17, 15) is 4.79 Å². The first-order valence-electron chi connectivity index (χ1n) is 12.6. The van der Waals surface area contributed by atoms with Gasteiger partial charge in [-0.05, 0) is 51.0 Å². The van der Waals surface area contributed by atoms with Crippen molar-refractivity contribution in [3.63, 3.8) is 0 Å². The van der Waals surface area contributed by atoms with E-state index in [1.54, 1.807) is 13.3 Å². The van der Waals surface area contributed by atoms with Gasteiger partial charge in [0.05, 0.1) is 41.8 Å². The molecular weight excluding hydrogens is 464 g/mol. The second-order valence-electron chi connectivity index (χ2n) is 9.34. The number of aromatic amines is 1. The molecule has 0 aliphatic rings. The number of carbonyl (C=O) groups excluding carboxylic acids is 1. The second-order valence-corrected chi connectivity index (χ2v) is 9.34. The molecule has 0 aliphatic heterocycles. The minimum absolute atomic E-state index is 0.193. The zero-order valence-electron chi connectivity index (χ0n) is 21.4. The summed E-state index contributed by atoms with van der Waals surface area (Å²) < 4.78 is 5.44. The number of rotatable bonds is 9. The molecule has 2 aromatic carbocycles. The summed E-state index contributed by atoms with van der Waals surface area (Å²) in [6.07, 6.45) is 3.53. The number of fused-ring (bicyclic) bond motifs is 4. The van der Waals surface area contributed by atoms with Gasteiger partial charge in [-0.3, -0.25) is 9.97 Å². The Morgan fingerprint density at radius 2 is 1.95 bits per heavy atom. The topological polar surface area (TPSA) is 104 Å². The van der Waals surface area contributed by atoms with Gasteiger partial charge in [-0.1, -0.05) is 24.3 Å². The number of aromatic nitrogens is 3. The Bertz CT molecular complexity index is 1560. The van der Waals surface area contributed by atoms with E-state index in [0.29, 0.717) is 13.1 Å². The molecular formula is C29H32N6O2. The Hall–Kier alpha value is -4.33. The van der Waals surface area contributed by atoms with Crippen LogP contribution in [0.15, 0.2) is 60.8 Å². The summed E-state index contributed by atoms with van der Waals surface area (Å²) in [5.41, 5.74) is 5.75. The summed E-state index contributed by atoms with van der Waals surface area (Å²) in [6, 6.07) is 18.2. The van der Waals surface area contributed by atoms with Crippen molar-refractivity contribution >= 4 is 44.4 Å². The van der Waals surface area contributed by atoms with Crippen LogP contribution in [0.2, 0.25) is 0 Å². The average Bonchev–Trinajstić information content (AvgIpc) is 3.29. The lowest BCUT2D eigenvalue weighted by Gasteiger charge is -2.17. The first-order valence-corrected chi connectivity index (χ1v) is 12.6. The predicted molar refractivity (Wildman–Crippen MR) is 149 cm³/mol. The maximum absolute atomic E-state index is 12.4. The summed E-state index contributed by atoms with van der Waals surface area (Å²) in [6.45, 7) is 5.07. The third kappa shape index (κ3) is 5.43. The van der Waals surface area contributed by atoms with Gasteiger partial charge in [-0.25, -0.2) is 4.79 Å². The lowest BCUT2D eigenvalue weighted by Crippen LogP contribution is -2.36. The Kier molecular flexibility index (Phi) is 7.07. The summed E-state index contributed by atoms with van der Waals surface area (Å²) in [5, 5.41) is 12.7. The molecule has 0 radical (unpaired) electrons. The Morgan fingerprint density at radius 3 is 2.81 bits per heavy atom. The smallest absolute Gasteiger partial charge is 0.315 e. The fourth-order valence-corrected chi connectivity index (χ4v) is 4.73. The third-order valence-corrected chi connectivity index (χ3v) is 6.58. The van der Waals surface area contributed by atoms with Gasteiger partial charge in [-0.15, -0.1) is 0 Å². The van der Waals surface area contributed by atoms with Crippen molar-refractivity contribution in [1.82, 2.24) is 25.6 Å². The van der Waals surface area contributed by atoms with Crippen molar-refractivity contribution in [1.29, 1.82) is 0 Å². The Labute approximate surface area is 215 Å². The second kappa shape index (κ2) is 10.7. The molecule has 37 heavy (non-hydrogen) atoms. The van der Waals surface area contributed by atoms with Gasteiger partial charge in [-0.2, -0.15) is 0 Å². The largest absolute Gasteiger partial charge is 0.497 e. The summed E-state index contributed by atoms with van der Waals surface area (Å²) in [5.74, 6) is 0.794. The number of hydrogen-bond donors (Lipinski definition) is 4. The zero-order valence-corrected chi connectivity index (χ0v) is 21.4. The van der Waals surface area contributed by atoms with Crippen molar-refractivity contribution in [2.75, 3.05) is 19.0 Å². The van der Waals surface area contributed by atoms with Crippen molar-refractivity contribution in [2.45, 2.75) is 39.3 Å². The van der Waals surface area contributed by atoms with Crippen LogP contribution in [0, 0.1) is 6.92 Å². The van der Waals surface area contributed by atoms with E-state index < -0.39 is 0 Å². The number of nitrogens with one attached hydrogen (secondary N) is 4. The Balaban J connectivity index is 1.10. The summed E-state index contributed by atoms with van der Waals surface area (Å²) >= 11 is 0. The van der Waals surface area contributed by atoms with Gasteiger partial charge in [0.1, 0.15) is 5.75 Å².